The van der Waals surface area contributed by atoms with Crippen LogP contribution in [0.15, 0.2) is 35.7 Å². The molecule has 0 spiro atoms. The topological polar surface area (TPSA) is 66.8 Å². The first-order valence-corrected chi connectivity index (χ1v) is 8.04. The van der Waals surface area contributed by atoms with E-state index in [2.05, 4.69) is 6.58 Å². The maximum Gasteiger partial charge on any atom is 0.247 e. The first kappa shape index (κ1) is 17.7. The monoisotopic (exact) mass is 313 g/mol. The molecule has 0 amide bonds. The molecule has 0 fully saturated rings. The van der Waals surface area contributed by atoms with Crippen LogP contribution in [0.3, 0.4) is 0 Å². The molecule has 0 aliphatic heterocycles. The largest absolute Gasteiger partial charge is 0.495 e. The number of hydrogen-bond acceptors (Lipinski definition) is 4. The van der Waals surface area contributed by atoms with E-state index < -0.39 is 15.6 Å². The third-order valence-electron chi connectivity index (χ3n) is 3.02. The number of benzene rings is 1. The molecule has 0 radical (unpaired) electrons. The number of methoxy groups -OCH3 is 1. The van der Waals surface area contributed by atoms with E-state index in [1.165, 1.54) is 17.5 Å². The number of sulfonamides is 1. The third kappa shape index (κ3) is 3.84. The molecular formula is C15H23NO4S. The van der Waals surface area contributed by atoms with Gasteiger partial charge in [-0.2, -0.15) is 4.31 Å². The van der Waals surface area contributed by atoms with Gasteiger partial charge in [-0.3, -0.25) is 0 Å². The highest BCUT2D eigenvalue weighted by Gasteiger charge is 2.35. The first-order chi connectivity index (χ1) is 9.68. The molecule has 0 atom stereocenters. The second-order valence-corrected chi connectivity index (χ2v) is 7.47. The maximum atomic E-state index is 12.9. The number of aliphatic hydroxyl groups excluding tert-OH is 1. The fourth-order valence-electron chi connectivity index (χ4n) is 1.99. The quantitative estimate of drug-likeness (QED) is 0.817. The summed E-state index contributed by atoms with van der Waals surface area (Å²) in [5.41, 5.74) is -0.0883. The van der Waals surface area contributed by atoms with Crippen molar-refractivity contribution in [2.75, 3.05) is 13.7 Å². The molecule has 0 saturated carbocycles. The fourth-order valence-corrected chi connectivity index (χ4v) is 3.96. The Kier molecular flexibility index (Phi) is 5.55. The molecule has 5 nitrogen and oxygen atoms in total. The van der Waals surface area contributed by atoms with Crippen molar-refractivity contribution in [2.24, 2.45) is 0 Å². The highest BCUT2D eigenvalue weighted by molar-refractivity contribution is 7.89. The Balaban J connectivity index is 3.50. The molecule has 118 valence electrons. The molecule has 1 aromatic rings. The molecule has 0 aliphatic rings. The van der Waals surface area contributed by atoms with Gasteiger partial charge in [-0.15, -0.1) is 6.58 Å². The van der Waals surface area contributed by atoms with Gasteiger partial charge < -0.3 is 9.84 Å². The standard InChI is InChI=1S/C15H23NO4S/c1-6-9-16(15(2,3)4)21(18,19)14-10-12(11-17)7-8-13(14)20-5/h6-8,10,17H,1,9,11H2,2-5H3. The van der Waals surface area contributed by atoms with Crippen molar-refractivity contribution in [3.63, 3.8) is 0 Å². The van der Waals surface area contributed by atoms with Gasteiger partial charge in [0.2, 0.25) is 10.0 Å². The second kappa shape index (κ2) is 6.60. The Labute approximate surface area is 126 Å². The van der Waals surface area contributed by atoms with E-state index in [-0.39, 0.29) is 23.8 Å². The lowest BCUT2D eigenvalue weighted by Crippen LogP contribution is -2.45. The zero-order valence-electron chi connectivity index (χ0n) is 13.0. The lowest BCUT2D eigenvalue weighted by molar-refractivity contribution is 0.268. The van der Waals surface area contributed by atoms with E-state index in [1.807, 2.05) is 20.8 Å². The van der Waals surface area contributed by atoms with Gasteiger partial charge in [0.25, 0.3) is 0 Å². The lowest BCUT2D eigenvalue weighted by Gasteiger charge is -2.34. The SMILES string of the molecule is C=CCN(C(C)(C)C)S(=O)(=O)c1cc(CO)ccc1OC. The van der Waals surface area contributed by atoms with Crippen molar-refractivity contribution >= 4 is 10.0 Å². The van der Waals surface area contributed by atoms with Crippen LogP contribution >= 0.6 is 0 Å². The van der Waals surface area contributed by atoms with Gasteiger partial charge in [0.05, 0.1) is 13.7 Å². The summed E-state index contributed by atoms with van der Waals surface area (Å²) in [4.78, 5) is 0.0494. The van der Waals surface area contributed by atoms with Gasteiger partial charge in [0.15, 0.2) is 0 Å². The predicted octanol–water partition coefficient (Wildman–Crippen LogP) is 2.16. The summed E-state index contributed by atoms with van der Waals surface area (Å²) in [6, 6.07) is 4.62. The molecule has 0 aromatic heterocycles. The smallest absolute Gasteiger partial charge is 0.247 e. The molecule has 0 unspecified atom stereocenters. The van der Waals surface area contributed by atoms with Crippen LogP contribution in [0.25, 0.3) is 0 Å². The Morgan fingerprint density at radius 1 is 1.38 bits per heavy atom. The van der Waals surface area contributed by atoms with Gasteiger partial charge in [0, 0.05) is 12.1 Å². The zero-order chi connectivity index (χ0) is 16.3. The third-order valence-corrected chi connectivity index (χ3v) is 5.17. The summed E-state index contributed by atoms with van der Waals surface area (Å²) in [7, 11) is -2.35. The minimum absolute atomic E-state index is 0.0494. The molecular weight excluding hydrogens is 290 g/mol. The predicted molar refractivity (Wildman–Crippen MR) is 82.8 cm³/mol. The first-order valence-electron chi connectivity index (χ1n) is 6.60. The normalized spacial score (nSPS) is 12.5. The van der Waals surface area contributed by atoms with Crippen LogP contribution in [0.5, 0.6) is 5.75 Å². The number of aliphatic hydroxyl groups is 1. The van der Waals surface area contributed by atoms with Gasteiger partial charge >= 0.3 is 0 Å². The number of rotatable bonds is 6. The second-order valence-electron chi connectivity index (χ2n) is 5.64. The van der Waals surface area contributed by atoms with Crippen molar-refractivity contribution in [3.8, 4) is 5.75 Å². The fraction of sp³-hybridized carbons (Fsp3) is 0.467. The summed E-state index contributed by atoms with van der Waals surface area (Å²) in [5.74, 6) is 0.255. The van der Waals surface area contributed by atoms with Crippen molar-refractivity contribution in [3.05, 3.63) is 36.4 Å². The average Bonchev–Trinajstić information content (AvgIpc) is 2.42. The van der Waals surface area contributed by atoms with E-state index >= 15 is 0 Å². The zero-order valence-corrected chi connectivity index (χ0v) is 13.8. The van der Waals surface area contributed by atoms with Gasteiger partial charge in [-0.25, -0.2) is 8.42 Å². The molecule has 0 heterocycles. The minimum Gasteiger partial charge on any atom is -0.495 e. The number of nitrogens with zero attached hydrogens (tertiary/aromatic N) is 1. The Bertz CT molecular complexity index is 603. The van der Waals surface area contributed by atoms with Crippen LogP contribution in [-0.4, -0.2) is 37.0 Å². The lowest BCUT2D eigenvalue weighted by atomic mass is 10.1. The van der Waals surface area contributed by atoms with Crippen LogP contribution in [0.1, 0.15) is 26.3 Å². The highest BCUT2D eigenvalue weighted by atomic mass is 32.2. The molecule has 0 aliphatic carbocycles. The summed E-state index contributed by atoms with van der Waals surface area (Å²) in [5, 5.41) is 9.23. The van der Waals surface area contributed by atoms with Crippen LogP contribution in [-0.2, 0) is 16.6 Å². The van der Waals surface area contributed by atoms with Gasteiger partial charge in [0.1, 0.15) is 10.6 Å². The van der Waals surface area contributed by atoms with E-state index in [9.17, 15) is 13.5 Å². The number of hydrogen-bond donors (Lipinski definition) is 1. The molecule has 1 rings (SSSR count). The van der Waals surface area contributed by atoms with Crippen LogP contribution < -0.4 is 4.74 Å². The molecule has 6 heteroatoms. The molecule has 1 N–H and O–H groups in total. The van der Waals surface area contributed by atoms with Crippen LogP contribution in [0, 0.1) is 0 Å². The highest BCUT2D eigenvalue weighted by Crippen LogP contribution is 2.31. The summed E-state index contributed by atoms with van der Waals surface area (Å²) >= 11 is 0. The van der Waals surface area contributed by atoms with Crippen LogP contribution in [0.2, 0.25) is 0 Å². The molecule has 0 bridgehead atoms. The van der Waals surface area contributed by atoms with E-state index in [0.717, 1.165) is 0 Å². The average molecular weight is 313 g/mol. The summed E-state index contributed by atoms with van der Waals surface area (Å²) in [6.45, 7) is 9.03. The maximum absolute atomic E-state index is 12.9. The van der Waals surface area contributed by atoms with Crippen LogP contribution in [0.4, 0.5) is 0 Å². The van der Waals surface area contributed by atoms with Crippen molar-refractivity contribution in [2.45, 2.75) is 37.8 Å². The van der Waals surface area contributed by atoms with E-state index in [0.29, 0.717) is 5.56 Å². The Morgan fingerprint density at radius 3 is 2.43 bits per heavy atom. The van der Waals surface area contributed by atoms with E-state index in [4.69, 9.17) is 4.74 Å². The minimum atomic E-state index is -3.77. The summed E-state index contributed by atoms with van der Waals surface area (Å²) < 4.78 is 32.4. The van der Waals surface area contributed by atoms with Crippen molar-refractivity contribution in [1.29, 1.82) is 0 Å². The molecule has 1 aromatic carbocycles. The van der Waals surface area contributed by atoms with E-state index in [1.54, 1.807) is 18.2 Å². The van der Waals surface area contributed by atoms with Crippen molar-refractivity contribution < 1.29 is 18.3 Å². The molecule has 21 heavy (non-hydrogen) atoms. The number of ether oxygens (including phenoxy) is 1. The van der Waals surface area contributed by atoms with Gasteiger partial charge in [-0.05, 0) is 38.5 Å². The van der Waals surface area contributed by atoms with Crippen molar-refractivity contribution in [1.82, 2.24) is 4.31 Å². The van der Waals surface area contributed by atoms with Gasteiger partial charge in [-0.1, -0.05) is 12.1 Å². The summed E-state index contributed by atoms with van der Waals surface area (Å²) in [6.07, 6.45) is 1.55. The Morgan fingerprint density at radius 2 is 2.00 bits per heavy atom. The Hall–Kier alpha value is -1.37. The molecule has 0 saturated heterocycles.